The van der Waals surface area contributed by atoms with Crippen LogP contribution < -0.4 is 5.73 Å². The Hall–Kier alpha value is -1.51. The minimum atomic E-state index is 0.277. The first-order valence-corrected chi connectivity index (χ1v) is 5.21. The molecule has 0 fully saturated rings. The molecule has 0 saturated heterocycles. The fourth-order valence-corrected chi connectivity index (χ4v) is 1.82. The molecule has 3 nitrogen and oxygen atoms in total. The quantitative estimate of drug-likeness (QED) is 0.692. The fourth-order valence-electron chi connectivity index (χ4n) is 1.82. The number of nitrogens with one attached hydrogen (secondary N) is 1. The molecule has 0 amide bonds. The summed E-state index contributed by atoms with van der Waals surface area (Å²) in [6, 6.07) is 0.277. The van der Waals surface area contributed by atoms with Gasteiger partial charge in [-0.25, -0.2) is 0 Å². The van der Waals surface area contributed by atoms with Crippen molar-refractivity contribution in [3.8, 4) is 0 Å². The molecule has 0 aromatic rings. The van der Waals surface area contributed by atoms with Crippen LogP contribution in [0.1, 0.15) is 26.7 Å². The molecule has 0 aromatic heterocycles. The topological polar surface area (TPSA) is 53.1 Å². The van der Waals surface area contributed by atoms with Crippen molar-refractivity contribution in [2.24, 2.45) is 5.73 Å². The minimum Gasteiger partial charge on any atom is -0.397 e. The van der Waals surface area contributed by atoms with Crippen molar-refractivity contribution in [3.63, 3.8) is 0 Å². The lowest BCUT2D eigenvalue weighted by atomic mass is 10.1. The minimum absolute atomic E-state index is 0.277. The molecule has 0 spiro atoms. The van der Waals surface area contributed by atoms with Gasteiger partial charge in [0.2, 0.25) is 0 Å². The van der Waals surface area contributed by atoms with Gasteiger partial charge in [-0.05, 0) is 32.8 Å². The van der Waals surface area contributed by atoms with E-state index < -0.39 is 0 Å². The Morgan fingerprint density at radius 2 is 2.33 bits per heavy atom. The van der Waals surface area contributed by atoms with Crippen LogP contribution in [0.15, 0.2) is 35.8 Å². The van der Waals surface area contributed by atoms with Gasteiger partial charge in [0.1, 0.15) is 0 Å². The van der Waals surface area contributed by atoms with Crippen LogP contribution >= 0.6 is 0 Å². The van der Waals surface area contributed by atoms with Crippen molar-refractivity contribution in [1.82, 2.24) is 4.90 Å². The van der Waals surface area contributed by atoms with Gasteiger partial charge in [0.15, 0.2) is 0 Å². The Balaban J connectivity index is 3.03. The first-order valence-electron chi connectivity index (χ1n) is 5.21. The van der Waals surface area contributed by atoms with Gasteiger partial charge in [0.25, 0.3) is 0 Å². The molecule has 0 aromatic carbocycles. The predicted molar refractivity (Wildman–Crippen MR) is 64.5 cm³/mol. The molecule has 1 aliphatic rings. The molecular weight excluding hydrogens is 186 g/mol. The van der Waals surface area contributed by atoms with Gasteiger partial charge in [-0.2, -0.15) is 0 Å². The number of nitrogens with zero attached hydrogens (tertiary/aromatic N) is 1. The van der Waals surface area contributed by atoms with Crippen molar-refractivity contribution in [1.29, 1.82) is 5.41 Å². The Kier molecular flexibility index (Phi) is 3.72. The average molecular weight is 205 g/mol. The third kappa shape index (κ3) is 2.49. The van der Waals surface area contributed by atoms with Gasteiger partial charge in [0, 0.05) is 18.0 Å². The third-order valence-corrected chi connectivity index (χ3v) is 2.46. The molecule has 1 aliphatic carbocycles. The van der Waals surface area contributed by atoms with E-state index in [1.165, 1.54) is 6.21 Å². The summed E-state index contributed by atoms with van der Waals surface area (Å²) < 4.78 is 0. The molecule has 0 heterocycles. The molecule has 0 unspecified atom stereocenters. The maximum absolute atomic E-state index is 7.27. The summed E-state index contributed by atoms with van der Waals surface area (Å²) in [5.74, 6) is 0. The third-order valence-electron chi connectivity index (χ3n) is 2.46. The molecule has 3 N–H and O–H groups in total. The summed E-state index contributed by atoms with van der Waals surface area (Å²) in [6.45, 7) is 8.03. The summed E-state index contributed by atoms with van der Waals surface area (Å²) >= 11 is 0. The maximum Gasteiger partial charge on any atom is 0.0517 e. The number of allylic oxidation sites excluding steroid dienone is 4. The van der Waals surface area contributed by atoms with Crippen LogP contribution in [-0.2, 0) is 0 Å². The lowest BCUT2D eigenvalue weighted by Gasteiger charge is -2.33. The molecule has 0 saturated carbocycles. The van der Waals surface area contributed by atoms with Gasteiger partial charge in [-0.1, -0.05) is 12.7 Å². The molecule has 0 aliphatic heterocycles. The molecule has 1 rings (SSSR count). The van der Waals surface area contributed by atoms with E-state index in [0.29, 0.717) is 5.70 Å². The van der Waals surface area contributed by atoms with Crippen LogP contribution in [-0.4, -0.2) is 17.2 Å². The zero-order valence-electron chi connectivity index (χ0n) is 9.46. The van der Waals surface area contributed by atoms with E-state index in [1.54, 1.807) is 0 Å². The van der Waals surface area contributed by atoms with Gasteiger partial charge in [0.05, 0.1) is 11.4 Å². The average Bonchev–Trinajstić information content (AvgIpc) is 2.20. The molecular formula is C12H19N3. The van der Waals surface area contributed by atoms with E-state index in [0.717, 1.165) is 24.2 Å². The smallest absolute Gasteiger partial charge is 0.0517 e. The highest BCUT2D eigenvalue weighted by Gasteiger charge is 2.18. The standard InChI is InChI=1S/C12H19N3/c1-9(2)15(10(3)8-13)12-7-5-4-6-11(12)14/h4,6,8-9,13H,3,5,7,14H2,1-2H3. The predicted octanol–water partition coefficient (Wildman–Crippen LogP) is 2.38. The van der Waals surface area contributed by atoms with E-state index in [4.69, 9.17) is 11.1 Å². The van der Waals surface area contributed by atoms with Crippen LogP contribution in [0.25, 0.3) is 0 Å². The van der Waals surface area contributed by atoms with Crippen LogP contribution in [0.3, 0.4) is 0 Å². The fraction of sp³-hybridized carbons (Fsp3) is 0.417. The van der Waals surface area contributed by atoms with E-state index in [2.05, 4.69) is 26.5 Å². The zero-order valence-corrected chi connectivity index (χ0v) is 9.46. The van der Waals surface area contributed by atoms with Crippen molar-refractivity contribution in [3.05, 3.63) is 35.8 Å². The summed E-state index contributed by atoms with van der Waals surface area (Å²) in [5, 5.41) is 7.27. The first kappa shape index (κ1) is 11.6. The normalized spacial score (nSPS) is 15.7. The Labute approximate surface area is 91.5 Å². The summed E-state index contributed by atoms with van der Waals surface area (Å²) in [5.41, 5.74) is 8.51. The van der Waals surface area contributed by atoms with Crippen molar-refractivity contribution < 1.29 is 0 Å². The number of hydrogen-bond acceptors (Lipinski definition) is 3. The summed E-state index contributed by atoms with van der Waals surface area (Å²) in [6.07, 6.45) is 7.21. The second-order valence-corrected chi connectivity index (χ2v) is 3.94. The summed E-state index contributed by atoms with van der Waals surface area (Å²) in [7, 11) is 0. The maximum atomic E-state index is 7.27. The van der Waals surface area contributed by atoms with Crippen molar-refractivity contribution >= 4 is 6.21 Å². The number of nitrogens with two attached hydrogens (primary N) is 1. The van der Waals surface area contributed by atoms with Crippen molar-refractivity contribution in [2.45, 2.75) is 32.7 Å². The largest absolute Gasteiger partial charge is 0.397 e. The SMILES string of the molecule is C=C(C=N)N(C1=C(N)C=CCC1)C(C)C. The highest BCUT2D eigenvalue weighted by atomic mass is 15.2. The van der Waals surface area contributed by atoms with E-state index in [9.17, 15) is 0 Å². The molecule has 3 heteroatoms. The van der Waals surface area contributed by atoms with Crippen LogP contribution in [0.5, 0.6) is 0 Å². The molecule has 0 bridgehead atoms. The molecule has 0 radical (unpaired) electrons. The van der Waals surface area contributed by atoms with Gasteiger partial charge >= 0.3 is 0 Å². The second kappa shape index (κ2) is 4.82. The number of hydrogen-bond donors (Lipinski definition) is 2. The van der Waals surface area contributed by atoms with E-state index in [-0.39, 0.29) is 6.04 Å². The zero-order chi connectivity index (χ0) is 11.4. The van der Waals surface area contributed by atoms with Crippen LogP contribution in [0, 0.1) is 5.41 Å². The second-order valence-electron chi connectivity index (χ2n) is 3.94. The van der Waals surface area contributed by atoms with Gasteiger partial charge in [-0.15, -0.1) is 0 Å². The Morgan fingerprint density at radius 3 is 2.80 bits per heavy atom. The molecule has 15 heavy (non-hydrogen) atoms. The molecule has 82 valence electrons. The summed E-state index contributed by atoms with van der Waals surface area (Å²) in [4.78, 5) is 2.03. The molecule has 0 atom stereocenters. The monoisotopic (exact) mass is 205 g/mol. The van der Waals surface area contributed by atoms with Crippen LogP contribution in [0.4, 0.5) is 0 Å². The Morgan fingerprint density at radius 1 is 1.67 bits per heavy atom. The van der Waals surface area contributed by atoms with Crippen molar-refractivity contribution in [2.75, 3.05) is 0 Å². The van der Waals surface area contributed by atoms with Crippen LogP contribution in [0.2, 0.25) is 0 Å². The highest BCUT2D eigenvalue weighted by Crippen LogP contribution is 2.24. The lowest BCUT2D eigenvalue weighted by Crippen LogP contribution is -2.32. The highest BCUT2D eigenvalue weighted by molar-refractivity contribution is 5.74. The van der Waals surface area contributed by atoms with Gasteiger partial charge in [-0.3, -0.25) is 0 Å². The Bertz CT molecular complexity index is 324. The van der Waals surface area contributed by atoms with Gasteiger partial charge < -0.3 is 16.0 Å². The number of rotatable bonds is 4. The van der Waals surface area contributed by atoms with E-state index >= 15 is 0 Å². The van der Waals surface area contributed by atoms with E-state index in [1.807, 2.05) is 11.0 Å². The first-order chi connectivity index (χ1) is 7.07. The lowest BCUT2D eigenvalue weighted by molar-refractivity contribution is 0.354.